The van der Waals surface area contributed by atoms with Crippen LogP contribution in [-0.4, -0.2) is 82.9 Å². The third-order valence-electron chi connectivity index (χ3n) is 8.86. The van der Waals surface area contributed by atoms with E-state index < -0.39 is 65.1 Å². The Labute approximate surface area is 244 Å². The van der Waals surface area contributed by atoms with E-state index in [0.717, 1.165) is 16.7 Å². The first-order valence-corrected chi connectivity index (χ1v) is 14.2. The molecule has 1 unspecified atom stereocenters. The van der Waals surface area contributed by atoms with Crippen LogP contribution < -0.4 is 16.2 Å². The lowest BCUT2D eigenvalue weighted by molar-refractivity contribution is -0.207. The number of ether oxygens (including phenoxy) is 4. The number of piperidine rings is 1. The monoisotopic (exact) mass is 585 g/mol. The molecule has 0 saturated carbocycles. The molecule has 1 saturated heterocycles. The molecule has 6 atom stereocenters. The smallest absolute Gasteiger partial charge is 0.324 e. The maximum absolute atomic E-state index is 13.6. The van der Waals surface area contributed by atoms with Gasteiger partial charge < -0.3 is 35.5 Å². The third-order valence-corrected chi connectivity index (χ3v) is 8.86. The van der Waals surface area contributed by atoms with Crippen molar-refractivity contribution in [2.24, 2.45) is 11.5 Å². The summed E-state index contributed by atoms with van der Waals surface area (Å²) in [5, 5.41) is 9.16. The molecular formula is C30H39N3O9. The molecular weight excluding hydrogens is 546 g/mol. The van der Waals surface area contributed by atoms with Gasteiger partial charge in [0.15, 0.2) is 6.10 Å². The van der Waals surface area contributed by atoms with Crippen molar-refractivity contribution in [2.45, 2.75) is 101 Å². The molecule has 2 aliphatic carbocycles. The van der Waals surface area contributed by atoms with Crippen molar-refractivity contribution in [1.29, 1.82) is 0 Å². The van der Waals surface area contributed by atoms with Crippen LogP contribution in [0.2, 0.25) is 0 Å². The number of nitrogens with zero attached hydrogens (tertiary/aromatic N) is 1. The van der Waals surface area contributed by atoms with Gasteiger partial charge in [-0.1, -0.05) is 12.1 Å². The molecule has 1 fully saturated rings. The fraction of sp³-hybridized carbons (Fsp3) is 0.600. The second-order valence-electron chi connectivity index (χ2n) is 12.8. The van der Waals surface area contributed by atoms with Gasteiger partial charge in [0.1, 0.15) is 34.8 Å². The van der Waals surface area contributed by atoms with E-state index in [1.807, 2.05) is 20.0 Å². The molecule has 1 spiro atoms. The fourth-order valence-electron chi connectivity index (χ4n) is 7.08. The predicted molar refractivity (Wildman–Crippen MR) is 148 cm³/mol. The lowest BCUT2D eigenvalue weighted by Gasteiger charge is -2.62. The highest BCUT2D eigenvalue weighted by Crippen LogP contribution is 2.65. The van der Waals surface area contributed by atoms with Crippen molar-refractivity contribution in [3.05, 3.63) is 40.7 Å². The number of carboxylic acid groups (broad SMARTS) is 1. The van der Waals surface area contributed by atoms with E-state index in [2.05, 4.69) is 11.0 Å². The lowest BCUT2D eigenvalue weighted by atomic mass is 9.50. The van der Waals surface area contributed by atoms with E-state index in [-0.39, 0.29) is 24.6 Å². The fourth-order valence-corrected chi connectivity index (χ4v) is 7.08. The number of nitrogens with two attached hydrogens (primary N) is 2. The number of hydrogen-bond donors (Lipinski definition) is 3. The summed E-state index contributed by atoms with van der Waals surface area (Å²) < 4.78 is 24.2. The highest BCUT2D eigenvalue weighted by molar-refractivity contribution is 5.83. The summed E-state index contributed by atoms with van der Waals surface area (Å²) in [6.45, 7) is 7.76. The zero-order valence-corrected chi connectivity index (χ0v) is 24.6. The van der Waals surface area contributed by atoms with Crippen molar-refractivity contribution < 1.29 is 43.2 Å². The zero-order chi connectivity index (χ0) is 30.8. The van der Waals surface area contributed by atoms with Crippen LogP contribution in [0.5, 0.6) is 5.75 Å². The first-order valence-electron chi connectivity index (χ1n) is 14.2. The Morgan fingerprint density at radius 3 is 2.50 bits per heavy atom. The molecule has 0 amide bonds. The van der Waals surface area contributed by atoms with Gasteiger partial charge in [-0.15, -0.1) is 0 Å². The second-order valence-corrected chi connectivity index (χ2v) is 12.8. The number of hydrogen-bond acceptors (Lipinski definition) is 11. The number of carbonyl (C=O) groups is 4. The predicted octanol–water partition coefficient (Wildman–Crippen LogP) is 1.23. The summed E-state index contributed by atoms with van der Waals surface area (Å²) in [5.74, 6) is -2.54. The number of likely N-dealkylation sites (tertiary alicyclic amines) is 1. The first-order chi connectivity index (χ1) is 19.6. The van der Waals surface area contributed by atoms with E-state index >= 15 is 0 Å². The molecule has 4 aliphatic rings. The quantitative estimate of drug-likeness (QED) is 0.294. The number of likely N-dealkylation sites (N-methyl/N-ethyl adjacent to an activating group) is 1. The summed E-state index contributed by atoms with van der Waals surface area (Å²) in [6.07, 6.45) is 1.32. The van der Waals surface area contributed by atoms with E-state index in [9.17, 15) is 19.2 Å². The molecule has 5 rings (SSSR count). The van der Waals surface area contributed by atoms with Crippen LogP contribution in [0, 0.1) is 6.92 Å². The van der Waals surface area contributed by atoms with Crippen LogP contribution in [0.25, 0.3) is 0 Å². The Morgan fingerprint density at radius 1 is 1.14 bits per heavy atom. The van der Waals surface area contributed by atoms with Crippen molar-refractivity contribution in [2.75, 3.05) is 13.6 Å². The maximum atomic E-state index is 13.6. The highest BCUT2D eigenvalue weighted by atomic mass is 16.6. The summed E-state index contributed by atoms with van der Waals surface area (Å²) >= 11 is 0. The average Bonchev–Trinajstić information content (AvgIpc) is 3.24. The number of aliphatic carboxylic acids is 1. The van der Waals surface area contributed by atoms with Gasteiger partial charge in [0, 0.05) is 12.0 Å². The van der Waals surface area contributed by atoms with E-state index in [1.165, 1.54) is 0 Å². The Kier molecular flexibility index (Phi) is 7.39. The minimum atomic E-state index is -1.41. The number of benzene rings is 1. The molecule has 2 heterocycles. The van der Waals surface area contributed by atoms with E-state index in [1.54, 1.807) is 26.8 Å². The van der Waals surface area contributed by atoms with Crippen molar-refractivity contribution in [3.63, 3.8) is 0 Å². The van der Waals surface area contributed by atoms with E-state index in [4.69, 9.17) is 35.5 Å². The number of carbonyl (C=O) groups excluding carboxylic acids is 3. The molecule has 12 heteroatoms. The lowest BCUT2D eigenvalue weighted by Crippen LogP contribution is -2.75. The number of esters is 3. The average molecular weight is 586 g/mol. The van der Waals surface area contributed by atoms with Crippen LogP contribution >= 0.6 is 0 Å². The molecule has 42 heavy (non-hydrogen) atoms. The SMILES string of the molecule is Cc1ccc2c3c1O[C@H]1C(OC(=O)CC(N)C(=O)O)=CC[C@@]4(OC(=O)C[C@H](N)C(=O)OC(C)(C)C)[C@@H](C2)N(C)CC[C@]314. The molecule has 0 aromatic heterocycles. The van der Waals surface area contributed by atoms with Crippen LogP contribution in [0.4, 0.5) is 0 Å². The largest absolute Gasteiger partial charge is 0.481 e. The standard InChI is InChI=1S/C30H39N3O9/c1-15-6-7-16-12-20-30(41-22(35)14-18(32)27(38)42-28(2,3)4)9-8-19(39-21(34)13-17(31)26(36)37)25-29(30,10-11-33(20)5)23(16)24(15)40-25/h6-8,17-18,20,25H,9-14,31-32H2,1-5H3,(H,36,37)/t17?,18-,20+,25-,29-,30+/m0/s1. The second kappa shape index (κ2) is 10.4. The summed E-state index contributed by atoms with van der Waals surface area (Å²) in [5.41, 5.74) is 11.8. The van der Waals surface area contributed by atoms with Gasteiger partial charge in [-0.05, 0) is 71.3 Å². The Bertz CT molecular complexity index is 1370. The van der Waals surface area contributed by atoms with Gasteiger partial charge in [-0.25, -0.2) is 0 Å². The molecule has 1 aromatic carbocycles. The van der Waals surface area contributed by atoms with Crippen LogP contribution in [0.3, 0.4) is 0 Å². The maximum Gasteiger partial charge on any atom is 0.324 e. The van der Waals surface area contributed by atoms with Crippen LogP contribution in [-0.2, 0) is 45.2 Å². The van der Waals surface area contributed by atoms with Crippen LogP contribution in [0.1, 0.15) is 63.1 Å². The van der Waals surface area contributed by atoms with E-state index in [0.29, 0.717) is 25.1 Å². The number of aryl methyl sites for hydroxylation is 1. The van der Waals surface area contributed by atoms with Crippen molar-refractivity contribution >= 4 is 23.9 Å². The topological polar surface area (TPSA) is 181 Å². The van der Waals surface area contributed by atoms with Crippen molar-refractivity contribution in [3.8, 4) is 5.75 Å². The van der Waals surface area contributed by atoms with Crippen molar-refractivity contribution in [1.82, 2.24) is 4.90 Å². The molecule has 2 aliphatic heterocycles. The zero-order valence-electron chi connectivity index (χ0n) is 24.6. The Morgan fingerprint density at radius 2 is 1.83 bits per heavy atom. The first kappa shape index (κ1) is 30.0. The Balaban J connectivity index is 1.54. The summed E-state index contributed by atoms with van der Waals surface area (Å²) in [7, 11) is 1.98. The molecule has 0 radical (unpaired) electrons. The third kappa shape index (κ3) is 4.75. The van der Waals surface area contributed by atoms with Gasteiger partial charge in [0.2, 0.25) is 0 Å². The molecule has 5 N–H and O–H groups in total. The van der Waals surface area contributed by atoms with Crippen LogP contribution in [0.15, 0.2) is 24.0 Å². The van der Waals surface area contributed by atoms with Gasteiger partial charge in [-0.2, -0.15) is 0 Å². The molecule has 228 valence electrons. The summed E-state index contributed by atoms with van der Waals surface area (Å²) in [6, 6.07) is 1.19. The molecule has 1 aromatic rings. The number of carboxylic acids is 1. The minimum Gasteiger partial charge on any atom is -0.481 e. The van der Waals surface area contributed by atoms with Gasteiger partial charge in [0.05, 0.1) is 24.3 Å². The number of rotatable bonds is 8. The molecule has 12 nitrogen and oxygen atoms in total. The normalized spacial score (nSPS) is 28.9. The summed E-state index contributed by atoms with van der Waals surface area (Å²) in [4.78, 5) is 52.3. The Hall–Kier alpha value is -3.48. The van der Waals surface area contributed by atoms with Gasteiger partial charge in [-0.3, -0.25) is 24.1 Å². The minimum absolute atomic E-state index is 0.204. The van der Waals surface area contributed by atoms with Gasteiger partial charge in [0.25, 0.3) is 0 Å². The molecule has 2 bridgehead atoms. The van der Waals surface area contributed by atoms with Gasteiger partial charge >= 0.3 is 23.9 Å². The highest BCUT2D eigenvalue weighted by Gasteiger charge is 2.74.